The van der Waals surface area contributed by atoms with Crippen molar-refractivity contribution in [2.45, 2.75) is 51.6 Å². The molecule has 1 atom stereocenters. The highest BCUT2D eigenvalue weighted by Crippen LogP contribution is 2.29. The Bertz CT molecular complexity index is 971. The van der Waals surface area contributed by atoms with Gasteiger partial charge in [0.15, 0.2) is 0 Å². The third-order valence-electron chi connectivity index (χ3n) is 5.63. The van der Waals surface area contributed by atoms with Crippen LogP contribution in [0.5, 0.6) is 0 Å². The average Bonchev–Trinajstić information content (AvgIpc) is 2.73. The maximum Gasteiger partial charge on any atom is 0.243 e. The zero-order valence-electron chi connectivity index (χ0n) is 17.6. The third-order valence-corrected chi connectivity index (χ3v) is 7.67. The van der Waals surface area contributed by atoms with Crippen molar-refractivity contribution in [3.8, 4) is 0 Å². The lowest BCUT2D eigenvalue weighted by Crippen LogP contribution is -2.38. The summed E-state index contributed by atoms with van der Waals surface area (Å²) < 4.78 is 28.3. The molecule has 0 saturated carbocycles. The van der Waals surface area contributed by atoms with Crippen LogP contribution in [-0.2, 0) is 27.8 Å². The molecule has 3 rings (SSSR count). The molecule has 1 aliphatic rings. The second kappa shape index (κ2) is 8.67. The van der Waals surface area contributed by atoms with E-state index in [-0.39, 0.29) is 17.9 Å². The first-order valence-electron chi connectivity index (χ1n) is 10.2. The molecular formula is C23H30N2O3S. The zero-order valence-corrected chi connectivity index (χ0v) is 18.4. The fourth-order valence-corrected chi connectivity index (χ4v) is 5.61. The number of nitrogens with zero attached hydrogens (tertiary/aromatic N) is 2. The first-order valence-corrected chi connectivity index (χ1v) is 11.7. The maximum absolute atomic E-state index is 13.4. The van der Waals surface area contributed by atoms with Gasteiger partial charge in [0.2, 0.25) is 15.9 Å². The Morgan fingerprint density at radius 3 is 2.38 bits per heavy atom. The van der Waals surface area contributed by atoms with Crippen LogP contribution in [0.25, 0.3) is 0 Å². The molecule has 2 aromatic carbocycles. The highest BCUT2D eigenvalue weighted by molar-refractivity contribution is 7.89. The van der Waals surface area contributed by atoms with E-state index in [4.69, 9.17) is 0 Å². The lowest BCUT2D eigenvalue weighted by Gasteiger charge is -2.31. The smallest absolute Gasteiger partial charge is 0.243 e. The number of benzene rings is 2. The summed E-state index contributed by atoms with van der Waals surface area (Å²) in [6, 6.07) is 14.8. The normalized spacial score (nSPS) is 15.4. The molecule has 0 bridgehead atoms. The number of carbonyl (C=O) groups excluding carboxylic acids is 1. The molecule has 0 unspecified atom stereocenters. The SMILES string of the molecule is CCN([C@@H](C)c1ccccc1)S(=O)(=O)c1ccc2c(c1)CCN(C(=O)C(C)C)C2. The van der Waals surface area contributed by atoms with Gasteiger partial charge >= 0.3 is 0 Å². The van der Waals surface area contributed by atoms with Gasteiger partial charge in [-0.2, -0.15) is 4.31 Å². The maximum atomic E-state index is 13.4. The van der Waals surface area contributed by atoms with Crippen molar-refractivity contribution in [1.82, 2.24) is 9.21 Å². The predicted molar refractivity (Wildman–Crippen MR) is 115 cm³/mol. The van der Waals surface area contributed by atoms with Crippen molar-refractivity contribution in [3.05, 3.63) is 65.2 Å². The summed E-state index contributed by atoms with van der Waals surface area (Å²) in [6.07, 6.45) is 0.678. The summed E-state index contributed by atoms with van der Waals surface area (Å²) >= 11 is 0. The van der Waals surface area contributed by atoms with E-state index in [0.29, 0.717) is 31.0 Å². The van der Waals surface area contributed by atoms with Crippen LogP contribution in [0.4, 0.5) is 0 Å². The van der Waals surface area contributed by atoms with Gasteiger partial charge < -0.3 is 4.90 Å². The summed E-state index contributed by atoms with van der Waals surface area (Å²) in [7, 11) is -3.62. The van der Waals surface area contributed by atoms with Gasteiger partial charge in [0.1, 0.15) is 0 Å². The third kappa shape index (κ3) is 4.38. The molecule has 0 spiro atoms. The predicted octanol–water partition coefficient (Wildman–Crippen LogP) is 4.00. The second-order valence-electron chi connectivity index (χ2n) is 7.89. The van der Waals surface area contributed by atoms with Crippen LogP contribution in [0, 0.1) is 5.92 Å². The largest absolute Gasteiger partial charge is 0.338 e. The number of amides is 1. The van der Waals surface area contributed by atoms with Gasteiger partial charge in [-0.1, -0.05) is 57.2 Å². The summed E-state index contributed by atoms with van der Waals surface area (Å²) in [5, 5.41) is 0. The van der Waals surface area contributed by atoms with Crippen LogP contribution in [0.15, 0.2) is 53.4 Å². The molecule has 2 aromatic rings. The zero-order chi connectivity index (χ0) is 21.2. The van der Waals surface area contributed by atoms with Crippen LogP contribution >= 0.6 is 0 Å². The molecule has 6 heteroatoms. The standard InChI is InChI=1S/C23H30N2O3S/c1-5-25(18(4)19-9-7-6-8-10-19)29(27,28)22-12-11-21-16-24(23(26)17(2)3)14-13-20(21)15-22/h6-12,15,17-18H,5,13-14,16H2,1-4H3/t18-/m0/s1. The number of hydrogen-bond acceptors (Lipinski definition) is 3. The van der Waals surface area contributed by atoms with Crippen LogP contribution in [0.2, 0.25) is 0 Å². The highest BCUT2D eigenvalue weighted by atomic mass is 32.2. The van der Waals surface area contributed by atoms with Gasteiger partial charge in [-0.05, 0) is 42.2 Å². The lowest BCUT2D eigenvalue weighted by molar-refractivity contribution is -0.135. The number of rotatable bonds is 6. The molecule has 0 saturated heterocycles. The van der Waals surface area contributed by atoms with E-state index in [9.17, 15) is 13.2 Å². The fraction of sp³-hybridized carbons (Fsp3) is 0.435. The molecule has 0 N–H and O–H groups in total. The van der Waals surface area contributed by atoms with Crippen LogP contribution in [0.1, 0.15) is 50.4 Å². The topological polar surface area (TPSA) is 57.7 Å². The van der Waals surface area contributed by atoms with Gasteiger partial charge in [-0.25, -0.2) is 8.42 Å². The monoisotopic (exact) mass is 414 g/mol. The van der Waals surface area contributed by atoms with Crippen LogP contribution < -0.4 is 0 Å². The number of sulfonamides is 1. The van der Waals surface area contributed by atoms with E-state index in [1.54, 1.807) is 16.4 Å². The summed E-state index contributed by atoms with van der Waals surface area (Å²) in [4.78, 5) is 14.5. The van der Waals surface area contributed by atoms with Crippen LogP contribution in [-0.4, -0.2) is 36.6 Å². The van der Waals surface area contributed by atoms with Gasteiger partial charge in [-0.3, -0.25) is 4.79 Å². The minimum atomic E-state index is -3.62. The molecule has 1 heterocycles. The molecule has 0 aliphatic carbocycles. The Kier molecular flexibility index (Phi) is 6.44. The Balaban J connectivity index is 1.87. The Hall–Kier alpha value is -2.18. The van der Waals surface area contributed by atoms with Crippen molar-refractivity contribution in [3.63, 3.8) is 0 Å². The van der Waals surface area contributed by atoms with Crippen molar-refractivity contribution in [2.75, 3.05) is 13.1 Å². The van der Waals surface area contributed by atoms with E-state index in [2.05, 4.69) is 0 Å². The second-order valence-corrected chi connectivity index (χ2v) is 9.78. The molecule has 5 nitrogen and oxygen atoms in total. The van der Waals surface area contributed by atoms with Gasteiger partial charge in [0, 0.05) is 31.6 Å². The number of fused-ring (bicyclic) bond motifs is 1. The molecule has 0 aromatic heterocycles. The molecule has 1 amide bonds. The summed E-state index contributed by atoms with van der Waals surface area (Å²) in [5.74, 6) is 0.106. The molecular weight excluding hydrogens is 384 g/mol. The minimum absolute atomic E-state index is 0.0335. The quantitative estimate of drug-likeness (QED) is 0.718. The van der Waals surface area contributed by atoms with Gasteiger partial charge in [0.05, 0.1) is 4.90 Å². The first kappa shape index (κ1) is 21.5. The van der Waals surface area contributed by atoms with E-state index in [0.717, 1.165) is 16.7 Å². The minimum Gasteiger partial charge on any atom is -0.338 e. The summed E-state index contributed by atoms with van der Waals surface area (Å²) in [5.41, 5.74) is 3.02. The van der Waals surface area contributed by atoms with Crippen molar-refractivity contribution >= 4 is 15.9 Å². The Labute approximate surface area is 174 Å². The van der Waals surface area contributed by atoms with Crippen molar-refractivity contribution < 1.29 is 13.2 Å². The summed E-state index contributed by atoms with van der Waals surface area (Å²) in [6.45, 7) is 9.17. The number of carbonyl (C=O) groups is 1. The molecule has 1 aliphatic heterocycles. The highest BCUT2D eigenvalue weighted by Gasteiger charge is 2.30. The Morgan fingerprint density at radius 1 is 1.07 bits per heavy atom. The van der Waals surface area contributed by atoms with E-state index < -0.39 is 10.0 Å². The molecule has 29 heavy (non-hydrogen) atoms. The van der Waals surface area contributed by atoms with Gasteiger partial charge in [-0.15, -0.1) is 0 Å². The average molecular weight is 415 g/mol. The van der Waals surface area contributed by atoms with Crippen molar-refractivity contribution in [2.24, 2.45) is 5.92 Å². The van der Waals surface area contributed by atoms with Gasteiger partial charge in [0.25, 0.3) is 0 Å². The molecule has 0 fully saturated rings. The van der Waals surface area contributed by atoms with E-state index >= 15 is 0 Å². The van der Waals surface area contributed by atoms with Crippen molar-refractivity contribution in [1.29, 1.82) is 0 Å². The fourth-order valence-electron chi connectivity index (χ4n) is 3.93. The molecule has 0 radical (unpaired) electrons. The first-order chi connectivity index (χ1) is 13.8. The van der Waals surface area contributed by atoms with Crippen LogP contribution in [0.3, 0.4) is 0 Å². The Morgan fingerprint density at radius 2 is 1.76 bits per heavy atom. The van der Waals surface area contributed by atoms with E-state index in [1.807, 2.05) is 69.0 Å². The molecule has 156 valence electrons. The lowest BCUT2D eigenvalue weighted by atomic mass is 9.99. The number of hydrogen-bond donors (Lipinski definition) is 0. The van der Waals surface area contributed by atoms with E-state index in [1.165, 1.54) is 0 Å².